The minimum Gasteiger partial charge on any atom is -0.359 e. The van der Waals surface area contributed by atoms with Gasteiger partial charge in [-0.2, -0.15) is 17.0 Å². The molecule has 24 heavy (non-hydrogen) atoms. The summed E-state index contributed by atoms with van der Waals surface area (Å²) in [4.78, 5) is 2.12. The summed E-state index contributed by atoms with van der Waals surface area (Å²) in [6, 6.07) is 11.4. The smallest absolute Gasteiger partial charge is 0.282 e. The molecule has 3 rings (SSSR count). The van der Waals surface area contributed by atoms with E-state index in [0.717, 1.165) is 18.7 Å². The molecule has 0 spiro atoms. The van der Waals surface area contributed by atoms with E-state index in [1.807, 2.05) is 37.4 Å². The Morgan fingerprint density at radius 3 is 2.50 bits per heavy atom. The average Bonchev–Trinajstić information content (AvgIpc) is 3.04. The Hall–Kier alpha value is -1.74. The lowest BCUT2D eigenvalue weighted by Gasteiger charge is -2.33. The van der Waals surface area contributed by atoms with Gasteiger partial charge in [-0.05, 0) is 7.05 Å². The van der Waals surface area contributed by atoms with Crippen LogP contribution < -0.4 is 0 Å². The molecule has 1 aliphatic rings. The first-order valence-electron chi connectivity index (χ1n) is 7.88. The number of hydrogen-bond donors (Lipinski definition) is 0. The summed E-state index contributed by atoms with van der Waals surface area (Å²) in [6.45, 7) is 2.67. The maximum Gasteiger partial charge on any atom is 0.282 e. The second-order valence-electron chi connectivity index (χ2n) is 6.01. The third-order valence-electron chi connectivity index (χ3n) is 4.19. The van der Waals surface area contributed by atoms with Crippen LogP contribution in [0.15, 0.2) is 40.9 Å². The maximum atomic E-state index is 12.6. The van der Waals surface area contributed by atoms with Crippen molar-refractivity contribution in [3.63, 3.8) is 0 Å². The number of hydrogen-bond acceptors (Lipinski definition) is 5. The van der Waals surface area contributed by atoms with Crippen molar-refractivity contribution < 1.29 is 12.9 Å². The topological polar surface area (TPSA) is 69.9 Å². The summed E-state index contributed by atoms with van der Waals surface area (Å²) >= 11 is 0. The van der Waals surface area contributed by atoms with E-state index in [4.69, 9.17) is 4.52 Å². The second kappa shape index (κ2) is 7.02. The minimum atomic E-state index is -3.49. The molecule has 0 bridgehead atoms. The summed E-state index contributed by atoms with van der Waals surface area (Å²) in [7, 11) is 0.0744. The number of aromatic nitrogens is 1. The molecule has 2 heterocycles. The van der Waals surface area contributed by atoms with E-state index in [1.54, 1.807) is 13.1 Å². The van der Waals surface area contributed by atoms with Gasteiger partial charge in [0.2, 0.25) is 0 Å². The van der Waals surface area contributed by atoms with Gasteiger partial charge in [-0.25, -0.2) is 0 Å². The SMILES string of the molecule is CN1CCN(S(=O)(=O)N(C)Cc2cc(-c3ccccc3)no2)CC1. The first kappa shape index (κ1) is 17.1. The molecule has 1 fully saturated rings. The Bertz CT molecular complexity index is 768. The zero-order valence-electron chi connectivity index (χ0n) is 13.9. The van der Waals surface area contributed by atoms with E-state index in [1.165, 1.54) is 8.61 Å². The fourth-order valence-electron chi connectivity index (χ4n) is 2.65. The van der Waals surface area contributed by atoms with Crippen molar-refractivity contribution in [3.8, 4) is 11.3 Å². The Labute approximate surface area is 142 Å². The van der Waals surface area contributed by atoms with E-state index in [0.29, 0.717) is 24.5 Å². The zero-order chi connectivity index (χ0) is 17.2. The van der Waals surface area contributed by atoms with Crippen LogP contribution >= 0.6 is 0 Å². The largest absolute Gasteiger partial charge is 0.359 e. The minimum absolute atomic E-state index is 0.161. The van der Waals surface area contributed by atoms with E-state index < -0.39 is 10.2 Å². The van der Waals surface area contributed by atoms with Gasteiger partial charge in [0.1, 0.15) is 5.69 Å². The normalized spacial score (nSPS) is 17.5. The fourth-order valence-corrected chi connectivity index (χ4v) is 3.96. The Morgan fingerprint density at radius 2 is 1.83 bits per heavy atom. The molecule has 0 N–H and O–H groups in total. The lowest BCUT2D eigenvalue weighted by molar-refractivity contribution is 0.212. The standard InChI is InChI=1S/C16H22N4O3S/c1-18-8-10-20(11-9-18)24(21,22)19(2)13-15-12-16(17-23-15)14-6-4-3-5-7-14/h3-7,12H,8-11,13H2,1-2H3. The van der Waals surface area contributed by atoms with E-state index in [-0.39, 0.29) is 6.54 Å². The summed E-state index contributed by atoms with van der Waals surface area (Å²) in [6.07, 6.45) is 0. The highest BCUT2D eigenvalue weighted by atomic mass is 32.2. The lowest BCUT2D eigenvalue weighted by Crippen LogP contribution is -2.51. The van der Waals surface area contributed by atoms with Crippen molar-refractivity contribution >= 4 is 10.2 Å². The number of likely N-dealkylation sites (N-methyl/N-ethyl adjacent to an activating group) is 1. The molecule has 1 aromatic carbocycles. The van der Waals surface area contributed by atoms with Gasteiger partial charge in [0.25, 0.3) is 10.2 Å². The highest BCUT2D eigenvalue weighted by molar-refractivity contribution is 7.86. The van der Waals surface area contributed by atoms with Gasteiger partial charge in [-0.3, -0.25) is 0 Å². The molecule has 1 aliphatic heterocycles. The van der Waals surface area contributed by atoms with Crippen molar-refractivity contribution in [2.45, 2.75) is 6.54 Å². The van der Waals surface area contributed by atoms with Crippen LogP contribution in [0.4, 0.5) is 0 Å². The Kier molecular flexibility index (Phi) is 5.00. The third kappa shape index (κ3) is 3.67. The lowest BCUT2D eigenvalue weighted by atomic mass is 10.1. The number of benzene rings is 1. The van der Waals surface area contributed by atoms with Crippen LogP contribution in [-0.4, -0.2) is 67.4 Å². The van der Waals surface area contributed by atoms with Crippen molar-refractivity contribution in [3.05, 3.63) is 42.2 Å². The van der Waals surface area contributed by atoms with E-state index in [2.05, 4.69) is 10.1 Å². The Balaban J connectivity index is 1.68. The van der Waals surface area contributed by atoms with Gasteiger partial charge in [0.05, 0.1) is 6.54 Å². The number of nitrogens with zero attached hydrogens (tertiary/aromatic N) is 4. The molecule has 1 saturated heterocycles. The van der Waals surface area contributed by atoms with Gasteiger partial charge < -0.3 is 9.42 Å². The van der Waals surface area contributed by atoms with Crippen LogP contribution in [0.25, 0.3) is 11.3 Å². The van der Waals surface area contributed by atoms with Crippen LogP contribution in [0, 0.1) is 0 Å². The van der Waals surface area contributed by atoms with Gasteiger partial charge in [0.15, 0.2) is 5.76 Å². The third-order valence-corrected chi connectivity index (χ3v) is 6.12. The van der Waals surface area contributed by atoms with Gasteiger partial charge >= 0.3 is 0 Å². The molecule has 0 saturated carbocycles. The van der Waals surface area contributed by atoms with Crippen molar-refractivity contribution in [2.75, 3.05) is 40.3 Å². The highest BCUT2D eigenvalue weighted by Gasteiger charge is 2.30. The van der Waals surface area contributed by atoms with E-state index in [9.17, 15) is 8.42 Å². The molecular formula is C16H22N4O3S. The Morgan fingerprint density at radius 1 is 1.17 bits per heavy atom. The second-order valence-corrected chi connectivity index (χ2v) is 8.05. The number of rotatable bonds is 5. The monoisotopic (exact) mass is 350 g/mol. The maximum absolute atomic E-state index is 12.6. The predicted molar refractivity (Wildman–Crippen MR) is 91.4 cm³/mol. The van der Waals surface area contributed by atoms with Crippen molar-refractivity contribution in [1.29, 1.82) is 0 Å². The molecule has 0 amide bonds. The van der Waals surface area contributed by atoms with Crippen LogP contribution in [0.2, 0.25) is 0 Å². The fraction of sp³-hybridized carbons (Fsp3) is 0.438. The molecule has 0 aliphatic carbocycles. The van der Waals surface area contributed by atoms with Crippen molar-refractivity contribution in [2.24, 2.45) is 0 Å². The molecule has 7 nitrogen and oxygen atoms in total. The quantitative estimate of drug-likeness (QED) is 0.812. The van der Waals surface area contributed by atoms with E-state index >= 15 is 0 Å². The van der Waals surface area contributed by atoms with Crippen LogP contribution in [0.1, 0.15) is 5.76 Å². The molecule has 0 atom stereocenters. The van der Waals surface area contributed by atoms with Gasteiger partial charge in [-0.1, -0.05) is 35.5 Å². The summed E-state index contributed by atoms with van der Waals surface area (Å²) < 4.78 is 33.4. The number of piperazine rings is 1. The van der Waals surface area contributed by atoms with Crippen LogP contribution in [-0.2, 0) is 16.8 Å². The summed E-state index contributed by atoms with van der Waals surface area (Å²) in [5, 5.41) is 4.03. The van der Waals surface area contributed by atoms with Gasteiger partial charge in [0, 0.05) is 44.9 Å². The molecule has 0 unspecified atom stereocenters. The molecule has 130 valence electrons. The molecule has 0 radical (unpaired) electrons. The summed E-state index contributed by atoms with van der Waals surface area (Å²) in [5.74, 6) is 0.522. The molecule has 2 aromatic rings. The highest BCUT2D eigenvalue weighted by Crippen LogP contribution is 2.20. The first-order valence-corrected chi connectivity index (χ1v) is 9.27. The molecule has 8 heteroatoms. The van der Waals surface area contributed by atoms with Crippen molar-refractivity contribution in [1.82, 2.24) is 18.7 Å². The van der Waals surface area contributed by atoms with Gasteiger partial charge in [-0.15, -0.1) is 0 Å². The molecule has 1 aromatic heterocycles. The predicted octanol–water partition coefficient (Wildman–Crippen LogP) is 1.27. The zero-order valence-corrected chi connectivity index (χ0v) is 14.7. The van der Waals surface area contributed by atoms with Crippen LogP contribution in [0.5, 0.6) is 0 Å². The average molecular weight is 350 g/mol. The summed E-state index contributed by atoms with van der Waals surface area (Å²) in [5.41, 5.74) is 1.65. The first-order chi connectivity index (χ1) is 11.5. The molecular weight excluding hydrogens is 328 g/mol. The van der Waals surface area contributed by atoms with Crippen LogP contribution in [0.3, 0.4) is 0 Å².